The lowest BCUT2D eigenvalue weighted by atomic mass is 9.93. The van der Waals surface area contributed by atoms with Crippen LogP contribution in [-0.4, -0.2) is 17.0 Å². The molecule has 1 aromatic carbocycles. The molecule has 0 saturated carbocycles. The van der Waals surface area contributed by atoms with Crippen molar-refractivity contribution in [3.8, 4) is 0 Å². The van der Waals surface area contributed by atoms with Crippen LogP contribution in [0.5, 0.6) is 0 Å². The Morgan fingerprint density at radius 3 is 2.60 bits per heavy atom. The van der Waals surface area contributed by atoms with E-state index in [1.165, 1.54) is 12.1 Å². The zero-order valence-electron chi connectivity index (χ0n) is 11.4. The standard InChI is InChI=1S/C13H17BrFN3O2/c1-6(2)11(12(16)18-20)13(19)17-10-5-8(14)9(15)4-7(10)3/h4-6,11,20H,1-3H3,(H2,16,18)(H,17,19). The first-order valence-electron chi connectivity index (χ1n) is 6.01. The number of halogens is 2. The predicted octanol–water partition coefficient (Wildman–Crippen LogP) is 2.85. The van der Waals surface area contributed by atoms with E-state index in [1.54, 1.807) is 20.8 Å². The Morgan fingerprint density at radius 2 is 2.10 bits per heavy atom. The third-order valence-electron chi connectivity index (χ3n) is 2.91. The summed E-state index contributed by atoms with van der Waals surface area (Å²) in [4.78, 5) is 12.2. The highest BCUT2D eigenvalue weighted by molar-refractivity contribution is 9.10. The molecule has 0 heterocycles. The summed E-state index contributed by atoms with van der Waals surface area (Å²) in [5, 5.41) is 14.3. The molecule has 0 aliphatic carbocycles. The summed E-state index contributed by atoms with van der Waals surface area (Å²) in [6.45, 7) is 5.25. The van der Waals surface area contributed by atoms with E-state index in [0.717, 1.165) is 0 Å². The second-order valence-corrected chi connectivity index (χ2v) is 5.67. The fourth-order valence-corrected chi connectivity index (χ4v) is 2.18. The van der Waals surface area contributed by atoms with E-state index < -0.39 is 17.6 Å². The smallest absolute Gasteiger partial charge is 0.235 e. The minimum absolute atomic E-state index is 0.143. The van der Waals surface area contributed by atoms with Crippen LogP contribution in [0, 0.1) is 24.6 Å². The Kier molecular flexibility index (Phi) is 5.50. The van der Waals surface area contributed by atoms with Crippen LogP contribution in [0.4, 0.5) is 10.1 Å². The van der Waals surface area contributed by atoms with Gasteiger partial charge in [-0.3, -0.25) is 4.79 Å². The van der Waals surface area contributed by atoms with E-state index >= 15 is 0 Å². The summed E-state index contributed by atoms with van der Waals surface area (Å²) in [5.41, 5.74) is 6.59. The zero-order chi connectivity index (χ0) is 15.4. The van der Waals surface area contributed by atoms with Crippen LogP contribution in [0.2, 0.25) is 0 Å². The van der Waals surface area contributed by atoms with Crippen molar-refractivity contribution in [2.24, 2.45) is 22.7 Å². The SMILES string of the molecule is Cc1cc(F)c(Br)cc1NC(=O)C(/C(N)=N/O)C(C)C. The van der Waals surface area contributed by atoms with Crippen LogP contribution in [0.3, 0.4) is 0 Å². The molecule has 0 saturated heterocycles. The summed E-state index contributed by atoms with van der Waals surface area (Å²) >= 11 is 3.06. The van der Waals surface area contributed by atoms with Crippen molar-refractivity contribution in [1.29, 1.82) is 0 Å². The lowest BCUT2D eigenvalue weighted by molar-refractivity contribution is -0.119. The van der Waals surface area contributed by atoms with Gasteiger partial charge in [-0.2, -0.15) is 0 Å². The van der Waals surface area contributed by atoms with Gasteiger partial charge in [-0.15, -0.1) is 0 Å². The van der Waals surface area contributed by atoms with Crippen LogP contribution in [0.15, 0.2) is 21.8 Å². The van der Waals surface area contributed by atoms with Crippen molar-refractivity contribution in [3.05, 3.63) is 28.0 Å². The number of oxime groups is 1. The average Bonchev–Trinajstić information content (AvgIpc) is 2.35. The van der Waals surface area contributed by atoms with E-state index in [1.807, 2.05) is 0 Å². The summed E-state index contributed by atoms with van der Waals surface area (Å²) in [5.74, 6) is -1.87. The number of benzene rings is 1. The first-order valence-corrected chi connectivity index (χ1v) is 6.81. The number of anilines is 1. The Labute approximate surface area is 125 Å². The van der Waals surface area contributed by atoms with Gasteiger partial charge in [0.1, 0.15) is 11.7 Å². The number of rotatable bonds is 4. The van der Waals surface area contributed by atoms with E-state index in [-0.39, 0.29) is 16.2 Å². The molecule has 20 heavy (non-hydrogen) atoms. The van der Waals surface area contributed by atoms with Crippen LogP contribution >= 0.6 is 15.9 Å². The van der Waals surface area contributed by atoms with E-state index in [4.69, 9.17) is 10.9 Å². The van der Waals surface area contributed by atoms with Gasteiger partial charge in [0.25, 0.3) is 0 Å². The molecule has 0 bridgehead atoms. The van der Waals surface area contributed by atoms with Gasteiger partial charge in [0.05, 0.1) is 4.47 Å². The molecular weight excluding hydrogens is 329 g/mol. The number of nitrogens with one attached hydrogen (secondary N) is 1. The predicted molar refractivity (Wildman–Crippen MR) is 79.2 cm³/mol. The maximum Gasteiger partial charge on any atom is 0.235 e. The molecule has 1 unspecified atom stereocenters. The van der Waals surface area contributed by atoms with E-state index in [0.29, 0.717) is 11.3 Å². The molecule has 1 amide bonds. The van der Waals surface area contributed by atoms with Crippen molar-refractivity contribution >= 4 is 33.4 Å². The third-order valence-corrected chi connectivity index (χ3v) is 3.52. The Morgan fingerprint density at radius 1 is 1.50 bits per heavy atom. The maximum absolute atomic E-state index is 13.3. The number of aryl methyl sites for hydroxylation is 1. The molecule has 0 aromatic heterocycles. The minimum Gasteiger partial charge on any atom is -0.409 e. The molecule has 0 spiro atoms. The fourth-order valence-electron chi connectivity index (χ4n) is 1.83. The normalized spacial score (nSPS) is 13.4. The quantitative estimate of drug-likeness (QED) is 0.339. The summed E-state index contributed by atoms with van der Waals surface area (Å²) < 4.78 is 13.6. The fraction of sp³-hybridized carbons (Fsp3) is 0.385. The Hall–Kier alpha value is -1.63. The lowest BCUT2D eigenvalue weighted by Crippen LogP contribution is -2.38. The number of amidine groups is 1. The van der Waals surface area contributed by atoms with Crippen molar-refractivity contribution < 1.29 is 14.4 Å². The monoisotopic (exact) mass is 345 g/mol. The van der Waals surface area contributed by atoms with Crippen molar-refractivity contribution in [2.45, 2.75) is 20.8 Å². The second-order valence-electron chi connectivity index (χ2n) is 4.82. The Bertz CT molecular complexity index is 547. The minimum atomic E-state index is -0.761. The maximum atomic E-state index is 13.3. The molecule has 1 atom stereocenters. The van der Waals surface area contributed by atoms with Gasteiger partial charge in [-0.1, -0.05) is 19.0 Å². The van der Waals surface area contributed by atoms with Crippen molar-refractivity contribution in [1.82, 2.24) is 0 Å². The summed E-state index contributed by atoms with van der Waals surface area (Å²) in [7, 11) is 0. The molecule has 0 radical (unpaired) electrons. The number of hydrogen-bond acceptors (Lipinski definition) is 3. The first kappa shape index (κ1) is 16.4. The largest absolute Gasteiger partial charge is 0.409 e. The highest BCUT2D eigenvalue weighted by atomic mass is 79.9. The molecule has 7 heteroatoms. The number of nitrogens with zero attached hydrogens (tertiary/aromatic N) is 1. The molecule has 5 nitrogen and oxygen atoms in total. The van der Waals surface area contributed by atoms with Gasteiger partial charge in [0, 0.05) is 5.69 Å². The molecule has 4 N–H and O–H groups in total. The molecule has 0 aliphatic rings. The first-order chi connectivity index (χ1) is 9.27. The van der Waals surface area contributed by atoms with Crippen LogP contribution < -0.4 is 11.1 Å². The van der Waals surface area contributed by atoms with Crippen LogP contribution in [0.25, 0.3) is 0 Å². The summed E-state index contributed by atoms with van der Waals surface area (Å²) in [6.07, 6.45) is 0. The van der Waals surface area contributed by atoms with Crippen molar-refractivity contribution in [3.63, 3.8) is 0 Å². The van der Waals surface area contributed by atoms with E-state index in [9.17, 15) is 9.18 Å². The number of carbonyl (C=O) groups excluding carboxylic acids is 1. The molecule has 0 fully saturated rings. The van der Waals surface area contributed by atoms with Gasteiger partial charge in [0.2, 0.25) is 5.91 Å². The third kappa shape index (κ3) is 3.69. The number of carbonyl (C=O) groups is 1. The highest BCUT2D eigenvalue weighted by Crippen LogP contribution is 2.25. The lowest BCUT2D eigenvalue weighted by Gasteiger charge is -2.19. The summed E-state index contributed by atoms with van der Waals surface area (Å²) in [6, 6.07) is 2.79. The molecular formula is C13H17BrFN3O2. The number of nitrogens with two attached hydrogens (primary N) is 1. The second kappa shape index (κ2) is 6.69. The molecule has 110 valence electrons. The molecule has 1 rings (SSSR count). The molecule has 0 aliphatic heterocycles. The highest BCUT2D eigenvalue weighted by Gasteiger charge is 2.27. The zero-order valence-corrected chi connectivity index (χ0v) is 13.0. The van der Waals surface area contributed by atoms with Gasteiger partial charge >= 0.3 is 0 Å². The Balaban J connectivity index is 3.03. The van der Waals surface area contributed by atoms with Gasteiger partial charge in [-0.25, -0.2) is 4.39 Å². The van der Waals surface area contributed by atoms with Crippen molar-refractivity contribution in [2.75, 3.05) is 5.32 Å². The average molecular weight is 346 g/mol. The van der Waals surface area contributed by atoms with Gasteiger partial charge in [-0.05, 0) is 46.5 Å². The number of amides is 1. The van der Waals surface area contributed by atoms with Gasteiger partial charge in [0.15, 0.2) is 5.84 Å². The van der Waals surface area contributed by atoms with Crippen LogP contribution in [-0.2, 0) is 4.79 Å². The topological polar surface area (TPSA) is 87.7 Å². The number of hydrogen-bond donors (Lipinski definition) is 3. The van der Waals surface area contributed by atoms with Gasteiger partial charge < -0.3 is 16.3 Å². The van der Waals surface area contributed by atoms with E-state index in [2.05, 4.69) is 26.4 Å². The van der Waals surface area contributed by atoms with Crippen LogP contribution in [0.1, 0.15) is 19.4 Å². The molecule has 1 aromatic rings.